The molecule has 0 radical (unpaired) electrons. The molecule has 0 aliphatic carbocycles. The fourth-order valence-corrected chi connectivity index (χ4v) is 4.45. The molecule has 1 atom stereocenters. The minimum Gasteiger partial charge on any atom is -0.382 e. The SMILES string of the molecule is C=Cc1ccccc1CSCCC(O)SCc1ccccc1C=C. The Kier molecular flexibility index (Phi) is 8.23. The highest BCUT2D eigenvalue weighted by Gasteiger charge is 2.07. The summed E-state index contributed by atoms with van der Waals surface area (Å²) in [6, 6.07) is 16.5. The van der Waals surface area contributed by atoms with Crippen LogP contribution in [0.1, 0.15) is 28.7 Å². The second kappa shape index (κ2) is 10.4. The van der Waals surface area contributed by atoms with E-state index < -0.39 is 0 Å². The van der Waals surface area contributed by atoms with E-state index in [0.29, 0.717) is 0 Å². The van der Waals surface area contributed by atoms with Gasteiger partial charge in [0.2, 0.25) is 0 Å². The third-order valence-electron chi connectivity index (χ3n) is 3.75. The van der Waals surface area contributed by atoms with Gasteiger partial charge < -0.3 is 5.11 Å². The van der Waals surface area contributed by atoms with Gasteiger partial charge in [0.1, 0.15) is 5.44 Å². The lowest BCUT2D eigenvalue weighted by Gasteiger charge is -2.12. The molecule has 0 spiro atoms. The first-order valence-corrected chi connectivity index (χ1v) is 10.2. The first kappa shape index (κ1) is 18.9. The molecule has 0 heterocycles. The number of aliphatic hydroxyl groups is 1. The fraction of sp³-hybridized carbons (Fsp3) is 0.238. The van der Waals surface area contributed by atoms with Crippen LogP contribution >= 0.6 is 23.5 Å². The van der Waals surface area contributed by atoms with E-state index in [0.717, 1.165) is 29.2 Å². The molecule has 0 aliphatic rings. The zero-order valence-corrected chi connectivity index (χ0v) is 15.5. The van der Waals surface area contributed by atoms with Gasteiger partial charge in [-0.05, 0) is 34.4 Å². The molecule has 2 aromatic rings. The summed E-state index contributed by atoms with van der Waals surface area (Å²) in [5.74, 6) is 2.72. The number of aliphatic hydroxyl groups excluding tert-OH is 1. The minimum atomic E-state index is -0.329. The Morgan fingerprint density at radius 3 is 2.00 bits per heavy atom. The average molecular weight is 357 g/mol. The lowest BCUT2D eigenvalue weighted by atomic mass is 10.1. The predicted octanol–water partition coefficient (Wildman–Crippen LogP) is 5.85. The summed E-state index contributed by atoms with van der Waals surface area (Å²) >= 11 is 3.45. The van der Waals surface area contributed by atoms with Crippen molar-refractivity contribution in [1.29, 1.82) is 0 Å². The maximum absolute atomic E-state index is 10.2. The lowest BCUT2D eigenvalue weighted by molar-refractivity contribution is 0.260. The molecule has 0 aromatic heterocycles. The quantitative estimate of drug-likeness (QED) is 0.426. The van der Waals surface area contributed by atoms with Crippen LogP contribution in [0, 0.1) is 0 Å². The molecule has 1 nitrogen and oxygen atoms in total. The summed E-state index contributed by atoms with van der Waals surface area (Å²) in [7, 11) is 0. The van der Waals surface area contributed by atoms with Crippen LogP contribution in [-0.2, 0) is 11.5 Å². The Balaban J connectivity index is 1.71. The third-order valence-corrected chi connectivity index (χ3v) is 5.89. The third kappa shape index (κ3) is 5.90. The molecule has 1 N–H and O–H groups in total. The second-order valence-electron chi connectivity index (χ2n) is 5.41. The first-order valence-electron chi connectivity index (χ1n) is 8.02. The molecule has 0 saturated carbocycles. The Morgan fingerprint density at radius 1 is 0.875 bits per heavy atom. The van der Waals surface area contributed by atoms with Gasteiger partial charge in [0, 0.05) is 11.5 Å². The molecule has 1 unspecified atom stereocenters. The highest BCUT2D eigenvalue weighted by Crippen LogP contribution is 2.24. The summed E-state index contributed by atoms with van der Waals surface area (Å²) in [6.45, 7) is 7.70. The van der Waals surface area contributed by atoms with E-state index in [-0.39, 0.29) is 5.44 Å². The molecule has 0 bridgehead atoms. The Bertz CT molecular complexity index is 666. The zero-order chi connectivity index (χ0) is 17.2. The van der Waals surface area contributed by atoms with Crippen LogP contribution in [0.4, 0.5) is 0 Å². The van der Waals surface area contributed by atoms with E-state index in [1.807, 2.05) is 42.1 Å². The predicted molar refractivity (Wildman–Crippen MR) is 111 cm³/mol. The normalized spacial score (nSPS) is 11.9. The van der Waals surface area contributed by atoms with Gasteiger partial charge in [0.05, 0.1) is 0 Å². The highest BCUT2D eigenvalue weighted by atomic mass is 32.2. The van der Waals surface area contributed by atoms with E-state index in [4.69, 9.17) is 0 Å². The van der Waals surface area contributed by atoms with Crippen LogP contribution in [0.3, 0.4) is 0 Å². The number of hydrogen-bond acceptors (Lipinski definition) is 3. The van der Waals surface area contributed by atoms with Crippen LogP contribution in [0.5, 0.6) is 0 Å². The van der Waals surface area contributed by atoms with Crippen molar-refractivity contribution < 1.29 is 5.11 Å². The molecule has 24 heavy (non-hydrogen) atoms. The maximum atomic E-state index is 10.2. The summed E-state index contributed by atoms with van der Waals surface area (Å²) in [6.07, 6.45) is 4.56. The molecule has 3 heteroatoms. The van der Waals surface area contributed by atoms with E-state index in [1.165, 1.54) is 16.7 Å². The average Bonchev–Trinajstić information content (AvgIpc) is 2.64. The molecule has 0 aliphatic heterocycles. The molecule has 0 amide bonds. The molecule has 126 valence electrons. The fourth-order valence-electron chi connectivity index (χ4n) is 2.37. The van der Waals surface area contributed by atoms with Gasteiger partial charge >= 0.3 is 0 Å². The molecule has 2 aromatic carbocycles. The van der Waals surface area contributed by atoms with Crippen molar-refractivity contribution in [2.24, 2.45) is 0 Å². The molecular weight excluding hydrogens is 332 g/mol. The van der Waals surface area contributed by atoms with Crippen LogP contribution in [0.25, 0.3) is 12.2 Å². The van der Waals surface area contributed by atoms with Crippen LogP contribution in [0.15, 0.2) is 61.7 Å². The van der Waals surface area contributed by atoms with Crippen molar-refractivity contribution in [2.75, 3.05) is 5.75 Å². The molecule has 0 fully saturated rings. The minimum absolute atomic E-state index is 0.329. The number of benzene rings is 2. The summed E-state index contributed by atoms with van der Waals surface area (Å²) in [5, 5.41) is 10.2. The number of rotatable bonds is 10. The zero-order valence-electron chi connectivity index (χ0n) is 13.9. The summed E-state index contributed by atoms with van der Waals surface area (Å²) in [4.78, 5) is 0. The second-order valence-corrected chi connectivity index (χ2v) is 7.68. The van der Waals surface area contributed by atoms with E-state index in [1.54, 1.807) is 11.8 Å². The van der Waals surface area contributed by atoms with Crippen molar-refractivity contribution >= 4 is 35.7 Å². The van der Waals surface area contributed by atoms with E-state index in [2.05, 4.69) is 43.5 Å². The standard InChI is InChI=1S/C21H24OS2/c1-3-17-9-5-7-11-19(17)15-23-14-13-21(22)24-16-20-12-8-6-10-18(20)4-2/h3-12,21-22H,1-2,13-16H2. The first-order chi connectivity index (χ1) is 11.7. The van der Waals surface area contributed by atoms with Gasteiger partial charge in [0.25, 0.3) is 0 Å². The Morgan fingerprint density at radius 2 is 1.42 bits per heavy atom. The molecule has 2 rings (SSSR count). The number of thioether (sulfide) groups is 2. The summed E-state index contributed by atoms with van der Waals surface area (Å²) < 4.78 is 0. The van der Waals surface area contributed by atoms with Gasteiger partial charge in [-0.2, -0.15) is 11.8 Å². The van der Waals surface area contributed by atoms with Gasteiger partial charge in [-0.15, -0.1) is 11.8 Å². The molecule has 0 saturated heterocycles. The van der Waals surface area contributed by atoms with Gasteiger partial charge in [0.15, 0.2) is 0 Å². The largest absolute Gasteiger partial charge is 0.382 e. The Hall–Kier alpha value is -1.42. The van der Waals surface area contributed by atoms with Crippen molar-refractivity contribution in [3.8, 4) is 0 Å². The van der Waals surface area contributed by atoms with Crippen molar-refractivity contribution in [1.82, 2.24) is 0 Å². The van der Waals surface area contributed by atoms with Crippen LogP contribution < -0.4 is 0 Å². The van der Waals surface area contributed by atoms with Gasteiger partial charge in [-0.3, -0.25) is 0 Å². The van der Waals surface area contributed by atoms with Gasteiger partial charge in [-0.1, -0.05) is 73.8 Å². The van der Waals surface area contributed by atoms with Gasteiger partial charge in [-0.25, -0.2) is 0 Å². The van der Waals surface area contributed by atoms with Crippen molar-refractivity contribution in [2.45, 2.75) is 23.4 Å². The van der Waals surface area contributed by atoms with Crippen LogP contribution in [-0.4, -0.2) is 16.3 Å². The maximum Gasteiger partial charge on any atom is 0.100 e. The van der Waals surface area contributed by atoms with E-state index >= 15 is 0 Å². The highest BCUT2D eigenvalue weighted by molar-refractivity contribution is 7.99. The number of hydrogen-bond donors (Lipinski definition) is 1. The smallest absolute Gasteiger partial charge is 0.100 e. The van der Waals surface area contributed by atoms with Crippen molar-refractivity contribution in [3.05, 3.63) is 83.9 Å². The summed E-state index contributed by atoms with van der Waals surface area (Å²) in [5.41, 5.74) is 4.54. The Labute approximate surface area is 153 Å². The molecular formula is C21H24OS2. The topological polar surface area (TPSA) is 20.2 Å². The van der Waals surface area contributed by atoms with Crippen molar-refractivity contribution in [3.63, 3.8) is 0 Å². The monoisotopic (exact) mass is 356 g/mol. The van der Waals surface area contributed by atoms with Crippen LogP contribution in [0.2, 0.25) is 0 Å². The lowest BCUT2D eigenvalue weighted by Crippen LogP contribution is -2.03. The van der Waals surface area contributed by atoms with E-state index in [9.17, 15) is 5.11 Å².